The van der Waals surface area contributed by atoms with Crippen molar-refractivity contribution in [2.45, 2.75) is 57.7 Å². The van der Waals surface area contributed by atoms with Crippen LogP contribution in [0.3, 0.4) is 0 Å². The molecule has 1 aromatic rings. The fourth-order valence-electron chi connectivity index (χ4n) is 3.34. The molecular formula is C15H24N2O. The second-order valence-corrected chi connectivity index (χ2v) is 5.98. The fraction of sp³-hybridized carbons (Fsp3) is 0.733. The van der Waals surface area contributed by atoms with Gasteiger partial charge in [-0.05, 0) is 45.7 Å². The molecule has 0 bridgehead atoms. The van der Waals surface area contributed by atoms with Gasteiger partial charge in [-0.15, -0.1) is 0 Å². The molecule has 1 aromatic heterocycles. The molecule has 18 heavy (non-hydrogen) atoms. The summed E-state index contributed by atoms with van der Waals surface area (Å²) in [6.45, 7) is 7.01. The zero-order valence-electron chi connectivity index (χ0n) is 11.5. The van der Waals surface area contributed by atoms with Gasteiger partial charge >= 0.3 is 0 Å². The Bertz CT molecular complexity index is 399. The number of likely N-dealkylation sites (tertiary alicyclic amines) is 1. The quantitative estimate of drug-likeness (QED) is 0.891. The Hall–Kier alpha value is -0.800. The first-order valence-corrected chi connectivity index (χ1v) is 7.30. The lowest BCUT2D eigenvalue weighted by Gasteiger charge is -2.27. The molecule has 2 aliphatic rings. The minimum Gasteiger partial charge on any atom is -0.469 e. The molecule has 0 aromatic carbocycles. The minimum absolute atomic E-state index is 0.518. The van der Waals surface area contributed by atoms with Gasteiger partial charge in [0.05, 0.1) is 6.26 Å². The Morgan fingerprint density at radius 3 is 3.06 bits per heavy atom. The predicted octanol–water partition coefficient (Wildman–Crippen LogP) is 2.73. The standard InChI is InChI=1S/C15H24N2O/c1-11(2)17-8-6-12(10-17)16-14-4-3-5-15-13(14)7-9-18-15/h7,9,11-12,14,16H,3-6,8,10H2,1-2H3. The molecular weight excluding hydrogens is 224 g/mol. The molecule has 3 heteroatoms. The summed E-state index contributed by atoms with van der Waals surface area (Å²) in [5.74, 6) is 1.21. The van der Waals surface area contributed by atoms with Gasteiger partial charge < -0.3 is 9.73 Å². The maximum atomic E-state index is 5.56. The fourth-order valence-corrected chi connectivity index (χ4v) is 3.34. The topological polar surface area (TPSA) is 28.4 Å². The number of hydrogen-bond donors (Lipinski definition) is 1. The molecule has 0 spiro atoms. The highest BCUT2D eigenvalue weighted by atomic mass is 16.3. The van der Waals surface area contributed by atoms with Crippen LogP contribution in [-0.4, -0.2) is 30.1 Å². The summed E-state index contributed by atoms with van der Waals surface area (Å²) in [5, 5.41) is 3.84. The SMILES string of the molecule is CC(C)N1CCC(NC2CCCc3occc32)C1. The monoisotopic (exact) mass is 248 g/mol. The summed E-state index contributed by atoms with van der Waals surface area (Å²) in [6.07, 6.45) is 6.74. The number of rotatable bonds is 3. The molecule has 100 valence electrons. The third-order valence-electron chi connectivity index (χ3n) is 4.44. The third-order valence-corrected chi connectivity index (χ3v) is 4.44. The number of furan rings is 1. The number of hydrogen-bond acceptors (Lipinski definition) is 3. The van der Waals surface area contributed by atoms with Crippen LogP contribution in [0, 0.1) is 0 Å². The van der Waals surface area contributed by atoms with Gasteiger partial charge in [-0.2, -0.15) is 0 Å². The van der Waals surface area contributed by atoms with Crippen molar-refractivity contribution in [3.63, 3.8) is 0 Å². The molecule has 3 rings (SSSR count). The largest absolute Gasteiger partial charge is 0.469 e. The van der Waals surface area contributed by atoms with Crippen molar-refractivity contribution in [1.29, 1.82) is 0 Å². The molecule has 0 amide bonds. The Balaban J connectivity index is 1.62. The van der Waals surface area contributed by atoms with Crippen LogP contribution in [0.5, 0.6) is 0 Å². The van der Waals surface area contributed by atoms with Crippen LogP contribution in [0.1, 0.15) is 50.5 Å². The van der Waals surface area contributed by atoms with Crippen molar-refractivity contribution in [3.05, 3.63) is 23.7 Å². The molecule has 1 fully saturated rings. The average molecular weight is 248 g/mol. The minimum atomic E-state index is 0.518. The van der Waals surface area contributed by atoms with E-state index in [1.807, 2.05) is 6.26 Å². The molecule has 2 heterocycles. The Morgan fingerprint density at radius 1 is 1.39 bits per heavy atom. The van der Waals surface area contributed by atoms with E-state index in [2.05, 4.69) is 30.1 Å². The molecule has 1 aliphatic heterocycles. The average Bonchev–Trinajstić information content (AvgIpc) is 2.97. The normalized spacial score (nSPS) is 28.8. The molecule has 1 saturated heterocycles. The van der Waals surface area contributed by atoms with Crippen LogP contribution in [0.2, 0.25) is 0 Å². The molecule has 1 aliphatic carbocycles. The van der Waals surface area contributed by atoms with E-state index < -0.39 is 0 Å². The van der Waals surface area contributed by atoms with E-state index in [1.165, 1.54) is 43.7 Å². The van der Waals surface area contributed by atoms with E-state index in [4.69, 9.17) is 4.42 Å². The van der Waals surface area contributed by atoms with Gasteiger partial charge in [0.25, 0.3) is 0 Å². The lowest BCUT2D eigenvalue weighted by Crippen LogP contribution is -2.38. The van der Waals surface area contributed by atoms with Gasteiger partial charge in [0.2, 0.25) is 0 Å². The smallest absolute Gasteiger partial charge is 0.108 e. The molecule has 0 saturated carbocycles. The van der Waals surface area contributed by atoms with Gasteiger partial charge in [0.15, 0.2) is 0 Å². The predicted molar refractivity (Wildman–Crippen MR) is 72.6 cm³/mol. The van der Waals surface area contributed by atoms with Crippen molar-refractivity contribution in [3.8, 4) is 0 Å². The molecule has 1 N–H and O–H groups in total. The van der Waals surface area contributed by atoms with Crippen LogP contribution in [0.4, 0.5) is 0 Å². The van der Waals surface area contributed by atoms with Crippen LogP contribution < -0.4 is 5.32 Å². The summed E-state index contributed by atoms with van der Waals surface area (Å²) in [5.41, 5.74) is 1.41. The van der Waals surface area contributed by atoms with E-state index in [-0.39, 0.29) is 0 Å². The number of nitrogens with zero attached hydrogens (tertiary/aromatic N) is 1. The van der Waals surface area contributed by atoms with E-state index in [0.29, 0.717) is 18.1 Å². The maximum absolute atomic E-state index is 5.56. The first-order valence-electron chi connectivity index (χ1n) is 7.30. The van der Waals surface area contributed by atoms with Crippen LogP contribution >= 0.6 is 0 Å². The zero-order chi connectivity index (χ0) is 12.5. The second-order valence-electron chi connectivity index (χ2n) is 5.98. The maximum Gasteiger partial charge on any atom is 0.108 e. The van der Waals surface area contributed by atoms with Gasteiger partial charge in [-0.3, -0.25) is 4.90 Å². The number of nitrogens with one attached hydrogen (secondary N) is 1. The zero-order valence-corrected chi connectivity index (χ0v) is 11.5. The molecule has 2 atom stereocenters. The summed E-state index contributed by atoms with van der Waals surface area (Å²) in [6, 6.07) is 4.00. The first-order chi connectivity index (χ1) is 8.74. The number of aryl methyl sites for hydroxylation is 1. The van der Waals surface area contributed by atoms with Gasteiger partial charge in [-0.1, -0.05) is 0 Å². The first kappa shape index (κ1) is 12.2. The Labute approximate surface area is 110 Å². The number of fused-ring (bicyclic) bond motifs is 1. The summed E-state index contributed by atoms with van der Waals surface area (Å²) < 4.78 is 5.56. The van der Waals surface area contributed by atoms with Gasteiger partial charge in [0.1, 0.15) is 5.76 Å². The lowest BCUT2D eigenvalue weighted by atomic mass is 9.93. The lowest BCUT2D eigenvalue weighted by molar-refractivity contribution is 0.263. The van der Waals surface area contributed by atoms with Crippen molar-refractivity contribution < 1.29 is 4.42 Å². The van der Waals surface area contributed by atoms with E-state index >= 15 is 0 Å². The summed E-state index contributed by atoms with van der Waals surface area (Å²) in [7, 11) is 0. The highest BCUT2D eigenvalue weighted by Gasteiger charge is 2.29. The van der Waals surface area contributed by atoms with Crippen LogP contribution in [0.15, 0.2) is 16.7 Å². The Kier molecular flexibility index (Phi) is 3.44. The summed E-state index contributed by atoms with van der Waals surface area (Å²) in [4.78, 5) is 2.57. The molecule has 2 unspecified atom stereocenters. The highest BCUT2D eigenvalue weighted by molar-refractivity contribution is 5.24. The Morgan fingerprint density at radius 2 is 2.28 bits per heavy atom. The van der Waals surface area contributed by atoms with Gasteiger partial charge in [0, 0.05) is 36.7 Å². The van der Waals surface area contributed by atoms with Crippen molar-refractivity contribution in [1.82, 2.24) is 10.2 Å². The summed E-state index contributed by atoms with van der Waals surface area (Å²) >= 11 is 0. The van der Waals surface area contributed by atoms with Crippen molar-refractivity contribution in [2.75, 3.05) is 13.1 Å². The molecule has 3 nitrogen and oxygen atoms in total. The molecule has 0 radical (unpaired) electrons. The van der Waals surface area contributed by atoms with E-state index in [1.54, 1.807) is 0 Å². The van der Waals surface area contributed by atoms with Crippen molar-refractivity contribution in [2.24, 2.45) is 0 Å². The second kappa shape index (κ2) is 5.06. The van der Waals surface area contributed by atoms with Gasteiger partial charge in [-0.25, -0.2) is 0 Å². The van der Waals surface area contributed by atoms with E-state index in [0.717, 1.165) is 6.42 Å². The van der Waals surface area contributed by atoms with Crippen LogP contribution in [0.25, 0.3) is 0 Å². The third kappa shape index (κ3) is 2.34. The highest BCUT2D eigenvalue weighted by Crippen LogP contribution is 2.31. The van der Waals surface area contributed by atoms with Crippen LogP contribution in [-0.2, 0) is 6.42 Å². The van der Waals surface area contributed by atoms with Crippen molar-refractivity contribution >= 4 is 0 Å². The van der Waals surface area contributed by atoms with E-state index in [9.17, 15) is 0 Å².